The van der Waals surface area contributed by atoms with Gasteiger partial charge >= 0.3 is 0 Å². The third kappa shape index (κ3) is 3.88. The maximum atomic E-state index is 6.42. The zero-order chi connectivity index (χ0) is 12.8. The van der Waals surface area contributed by atoms with Crippen LogP contribution >= 0.6 is 11.8 Å². The third-order valence-electron chi connectivity index (χ3n) is 4.59. The van der Waals surface area contributed by atoms with E-state index in [1.165, 1.54) is 62.9 Å². The van der Waals surface area contributed by atoms with Crippen molar-refractivity contribution in [3.8, 4) is 0 Å². The molecule has 3 heteroatoms. The second-order valence-electron chi connectivity index (χ2n) is 6.10. The molecule has 2 aliphatic heterocycles. The molecule has 0 aromatic carbocycles. The van der Waals surface area contributed by atoms with Crippen molar-refractivity contribution >= 4 is 11.8 Å². The van der Waals surface area contributed by atoms with Crippen molar-refractivity contribution in [1.29, 1.82) is 0 Å². The number of unbranched alkanes of at least 4 members (excludes halogenated alkanes) is 3. The lowest BCUT2D eigenvalue weighted by Crippen LogP contribution is -2.45. The monoisotopic (exact) mass is 271 g/mol. The Morgan fingerprint density at radius 3 is 3.00 bits per heavy atom. The van der Waals surface area contributed by atoms with E-state index in [1.54, 1.807) is 0 Å². The molecule has 2 fully saturated rings. The number of thioether (sulfide) groups is 1. The van der Waals surface area contributed by atoms with E-state index in [0.29, 0.717) is 12.0 Å². The molecule has 3 atom stereocenters. The predicted molar refractivity (Wildman–Crippen MR) is 80.1 cm³/mol. The van der Waals surface area contributed by atoms with E-state index in [4.69, 9.17) is 10.5 Å². The minimum atomic E-state index is 0.203. The Morgan fingerprint density at radius 2 is 2.28 bits per heavy atom. The van der Waals surface area contributed by atoms with Crippen LogP contribution < -0.4 is 5.73 Å². The molecule has 0 bridgehead atoms. The highest BCUT2D eigenvalue weighted by molar-refractivity contribution is 7.99. The lowest BCUT2D eigenvalue weighted by Gasteiger charge is -2.40. The molecule has 1 spiro atoms. The lowest BCUT2D eigenvalue weighted by molar-refractivity contribution is -0.0835. The first-order valence-electron chi connectivity index (χ1n) is 7.73. The average Bonchev–Trinajstić information content (AvgIpc) is 2.82. The van der Waals surface area contributed by atoms with Crippen molar-refractivity contribution in [2.45, 2.75) is 69.9 Å². The number of hydrogen-bond donors (Lipinski definition) is 1. The Hall–Kier alpha value is 0.270. The van der Waals surface area contributed by atoms with Gasteiger partial charge in [0.2, 0.25) is 0 Å². The molecule has 106 valence electrons. The van der Waals surface area contributed by atoms with Crippen LogP contribution in [0.15, 0.2) is 0 Å². The highest BCUT2D eigenvalue weighted by atomic mass is 32.2. The van der Waals surface area contributed by atoms with Crippen molar-refractivity contribution in [1.82, 2.24) is 0 Å². The van der Waals surface area contributed by atoms with Gasteiger partial charge in [0.1, 0.15) is 0 Å². The molecular weight excluding hydrogens is 242 g/mol. The SMILES string of the molecule is CCCCCCC(N)C1CCOC2(CCSC2)C1. The smallest absolute Gasteiger partial charge is 0.0783 e. The Balaban J connectivity index is 1.74. The van der Waals surface area contributed by atoms with Crippen LogP contribution in [0.1, 0.15) is 58.3 Å². The van der Waals surface area contributed by atoms with Crippen molar-refractivity contribution in [3.05, 3.63) is 0 Å². The molecule has 2 aliphatic rings. The van der Waals surface area contributed by atoms with Gasteiger partial charge in [-0.3, -0.25) is 0 Å². The molecule has 18 heavy (non-hydrogen) atoms. The van der Waals surface area contributed by atoms with Gasteiger partial charge in [0.25, 0.3) is 0 Å². The van der Waals surface area contributed by atoms with Gasteiger partial charge in [-0.15, -0.1) is 0 Å². The van der Waals surface area contributed by atoms with Crippen LogP contribution in [0.3, 0.4) is 0 Å². The van der Waals surface area contributed by atoms with E-state index in [9.17, 15) is 0 Å². The molecule has 2 nitrogen and oxygen atoms in total. The Bertz CT molecular complexity index is 241. The molecule has 2 rings (SSSR count). The van der Waals surface area contributed by atoms with Crippen LogP contribution in [0.5, 0.6) is 0 Å². The van der Waals surface area contributed by atoms with Crippen LogP contribution in [0, 0.1) is 5.92 Å². The topological polar surface area (TPSA) is 35.2 Å². The summed E-state index contributed by atoms with van der Waals surface area (Å²) in [6.07, 6.45) is 10.2. The van der Waals surface area contributed by atoms with Gasteiger partial charge in [0, 0.05) is 18.4 Å². The first-order valence-corrected chi connectivity index (χ1v) is 8.88. The van der Waals surface area contributed by atoms with Crippen LogP contribution in [0.2, 0.25) is 0 Å². The number of rotatable bonds is 6. The molecule has 0 aliphatic carbocycles. The van der Waals surface area contributed by atoms with Crippen LogP contribution in [-0.2, 0) is 4.74 Å². The fraction of sp³-hybridized carbons (Fsp3) is 1.00. The molecule has 2 heterocycles. The van der Waals surface area contributed by atoms with Gasteiger partial charge in [-0.1, -0.05) is 32.6 Å². The second-order valence-corrected chi connectivity index (χ2v) is 7.21. The summed E-state index contributed by atoms with van der Waals surface area (Å²) < 4.78 is 6.07. The number of nitrogens with two attached hydrogens (primary N) is 1. The van der Waals surface area contributed by atoms with Crippen molar-refractivity contribution in [3.63, 3.8) is 0 Å². The zero-order valence-corrected chi connectivity index (χ0v) is 12.6. The summed E-state index contributed by atoms with van der Waals surface area (Å²) in [5.41, 5.74) is 6.62. The fourth-order valence-corrected chi connectivity index (χ4v) is 4.72. The van der Waals surface area contributed by atoms with E-state index in [-0.39, 0.29) is 5.60 Å². The molecule has 0 aromatic heterocycles. The molecule has 2 saturated heterocycles. The minimum absolute atomic E-state index is 0.203. The molecule has 0 radical (unpaired) electrons. The number of ether oxygens (including phenoxy) is 1. The quantitative estimate of drug-likeness (QED) is 0.750. The normalized spacial score (nSPS) is 34.0. The standard InChI is InChI=1S/C15H29NOS/c1-2-3-4-5-6-14(16)13-7-9-17-15(11-13)8-10-18-12-15/h13-14H,2-12,16H2,1H3. The van der Waals surface area contributed by atoms with E-state index in [1.807, 2.05) is 0 Å². The van der Waals surface area contributed by atoms with Crippen LogP contribution in [0.4, 0.5) is 0 Å². The predicted octanol–water partition coefficient (Wildman–Crippen LogP) is 3.59. The van der Waals surface area contributed by atoms with Crippen molar-refractivity contribution < 1.29 is 4.74 Å². The van der Waals surface area contributed by atoms with Crippen molar-refractivity contribution in [2.24, 2.45) is 11.7 Å². The molecule has 0 aromatic rings. The summed E-state index contributed by atoms with van der Waals surface area (Å²) in [7, 11) is 0. The third-order valence-corrected chi connectivity index (χ3v) is 5.82. The molecule has 0 saturated carbocycles. The molecular formula is C15H29NOS. The highest BCUT2D eigenvalue weighted by Crippen LogP contribution is 2.41. The van der Waals surface area contributed by atoms with Crippen molar-refractivity contribution in [2.75, 3.05) is 18.1 Å². The first-order chi connectivity index (χ1) is 8.76. The largest absolute Gasteiger partial charge is 0.374 e. The summed E-state index contributed by atoms with van der Waals surface area (Å²) in [6.45, 7) is 3.20. The Morgan fingerprint density at radius 1 is 1.39 bits per heavy atom. The lowest BCUT2D eigenvalue weighted by atomic mass is 9.80. The summed E-state index contributed by atoms with van der Waals surface area (Å²) in [6, 6.07) is 0.410. The number of hydrogen-bond acceptors (Lipinski definition) is 3. The molecule has 2 N–H and O–H groups in total. The maximum Gasteiger partial charge on any atom is 0.0783 e. The summed E-state index contributed by atoms with van der Waals surface area (Å²) >= 11 is 2.05. The van der Waals surface area contributed by atoms with Gasteiger partial charge in [-0.2, -0.15) is 11.8 Å². The van der Waals surface area contributed by atoms with Gasteiger partial charge in [-0.05, 0) is 37.4 Å². The van der Waals surface area contributed by atoms with Crippen LogP contribution in [0.25, 0.3) is 0 Å². The highest BCUT2D eigenvalue weighted by Gasteiger charge is 2.41. The first kappa shape index (κ1) is 14.7. The van der Waals surface area contributed by atoms with Crippen LogP contribution in [-0.4, -0.2) is 29.8 Å². The second kappa shape index (κ2) is 7.16. The van der Waals surface area contributed by atoms with Gasteiger partial charge in [0.05, 0.1) is 5.60 Å². The van der Waals surface area contributed by atoms with E-state index < -0.39 is 0 Å². The fourth-order valence-electron chi connectivity index (χ4n) is 3.34. The summed E-state index contributed by atoms with van der Waals surface area (Å²) in [5, 5.41) is 0. The molecule has 3 unspecified atom stereocenters. The van der Waals surface area contributed by atoms with Gasteiger partial charge in [0.15, 0.2) is 0 Å². The van der Waals surface area contributed by atoms with E-state index in [0.717, 1.165) is 6.61 Å². The average molecular weight is 271 g/mol. The summed E-state index contributed by atoms with van der Waals surface area (Å²) in [4.78, 5) is 0. The summed E-state index contributed by atoms with van der Waals surface area (Å²) in [5.74, 6) is 3.18. The Kier molecular flexibility index (Phi) is 5.84. The maximum absolute atomic E-state index is 6.42. The Labute approximate surface area is 116 Å². The van der Waals surface area contributed by atoms with Gasteiger partial charge < -0.3 is 10.5 Å². The van der Waals surface area contributed by atoms with Gasteiger partial charge in [-0.25, -0.2) is 0 Å². The minimum Gasteiger partial charge on any atom is -0.374 e. The molecule has 0 amide bonds. The zero-order valence-electron chi connectivity index (χ0n) is 11.8. The van der Waals surface area contributed by atoms with E-state index in [2.05, 4.69) is 18.7 Å². The van der Waals surface area contributed by atoms with E-state index >= 15 is 0 Å².